The number of anilines is 1. The van der Waals surface area contributed by atoms with Crippen LogP contribution in [0.2, 0.25) is 10.0 Å². The number of para-hydroxylation sites is 1. The molecule has 0 spiro atoms. The minimum atomic E-state index is -4.71. The molecule has 1 aliphatic rings. The number of halogens is 5. The van der Waals surface area contributed by atoms with Crippen LogP contribution in [-0.4, -0.2) is 51.3 Å². The van der Waals surface area contributed by atoms with E-state index in [1.165, 1.54) is 40.7 Å². The fourth-order valence-electron chi connectivity index (χ4n) is 3.96. The average molecular weight is 543 g/mol. The first-order valence-electron chi connectivity index (χ1n) is 10.8. The predicted octanol–water partition coefficient (Wildman–Crippen LogP) is 3.86. The number of benzene rings is 1. The van der Waals surface area contributed by atoms with Gasteiger partial charge in [-0.25, -0.2) is 4.98 Å². The molecular weight excluding hydrogens is 524 g/mol. The Balaban J connectivity index is 1.95. The molecule has 3 aromatic rings. The van der Waals surface area contributed by atoms with E-state index in [-0.39, 0.29) is 51.5 Å². The molecule has 0 saturated carbocycles. The van der Waals surface area contributed by atoms with Crippen LogP contribution in [0, 0.1) is 0 Å². The number of aliphatic hydroxyl groups excluding tert-OH is 1. The first-order valence-corrected chi connectivity index (χ1v) is 11.5. The van der Waals surface area contributed by atoms with Gasteiger partial charge < -0.3 is 10.4 Å². The smallest absolute Gasteiger partial charge is 0.391 e. The Hall–Kier alpha value is -3.15. The predicted molar refractivity (Wildman–Crippen MR) is 128 cm³/mol. The van der Waals surface area contributed by atoms with Crippen molar-refractivity contribution < 1.29 is 27.9 Å². The Morgan fingerprint density at radius 1 is 1.22 bits per heavy atom. The third kappa shape index (κ3) is 4.78. The maximum absolute atomic E-state index is 13.3. The normalized spacial score (nSPS) is 17.0. The number of β-amino-alcohol motifs (C(OH)–C–C–N with tert-alkyl or cyclic N) is 1. The van der Waals surface area contributed by atoms with Crippen LogP contribution in [0.25, 0.3) is 16.7 Å². The van der Waals surface area contributed by atoms with Gasteiger partial charge in [0.2, 0.25) is 11.3 Å². The van der Waals surface area contributed by atoms with Crippen LogP contribution in [0.3, 0.4) is 0 Å². The second-order valence-electron chi connectivity index (χ2n) is 8.19. The number of fused-ring (bicyclic) bond motifs is 1. The summed E-state index contributed by atoms with van der Waals surface area (Å²) in [4.78, 5) is 44.0. The molecule has 1 saturated heterocycles. The third-order valence-electron chi connectivity index (χ3n) is 5.75. The molecule has 2 unspecified atom stereocenters. The molecule has 13 heteroatoms. The minimum absolute atomic E-state index is 0.00917. The monoisotopic (exact) mass is 542 g/mol. The van der Waals surface area contributed by atoms with E-state index in [0.29, 0.717) is 0 Å². The number of rotatable bonds is 5. The van der Waals surface area contributed by atoms with Gasteiger partial charge in [0.25, 0.3) is 5.91 Å². The van der Waals surface area contributed by atoms with Crippen molar-refractivity contribution in [2.45, 2.75) is 38.1 Å². The van der Waals surface area contributed by atoms with E-state index < -0.39 is 41.6 Å². The molecular formula is C23H19Cl2F3N4O4. The van der Waals surface area contributed by atoms with Crippen molar-refractivity contribution in [1.29, 1.82) is 0 Å². The zero-order valence-electron chi connectivity index (χ0n) is 18.6. The van der Waals surface area contributed by atoms with Gasteiger partial charge in [0.15, 0.2) is 5.65 Å². The molecule has 4 rings (SSSR count). The fourth-order valence-corrected chi connectivity index (χ4v) is 4.54. The molecule has 8 nitrogen and oxygen atoms in total. The molecule has 3 heterocycles. The van der Waals surface area contributed by atoms with Crippen LogP contribution in [0.4, 0.5) is 19.0 Å². The number of hydrogen-bond acceptors (Lipinski definition) is 5. The summed E-state index contributed by atoms with van der Waals surface area (Å²) in [5.74, 6) is -1.49. The average Bonchev–Trinajstić information content (AvgIpc) is 3.15. The molecule has 36 heavy (non-hydrogen) atoms. The maximum Gasteiger partial charge on any atom is 0.408 e. The van der Waals surface area contributed by atoms with Gasteiger partial charge in [-0.05, 0) is 30.7 Å². The number of carbonyl (C=O) groups excluding carboxylic acids is 2. The lowest BCUT2D eigenvalue weighted by atomic mass is 10.1. The van der Waals surface area contributed by atoms with Gasteiger partial charge >= 0.3 is 6.18 Å². The van der Waals surface area contributed by atoms with Crippen LogP contribution >= 0.6 is 23.2 Å². The van der Waals surface area contributed by atoms with E-state index in [1.54, 1.807) is 6.07 Å². The summed E-state index contributed by atoms with van der Waals surface area (Å²) in [5, 5.41) is 11.8. The molecule has 0 aliphatic carbocycles. The van der Waals surface area contributed by atoms with Crippen molar-refractivity contribution in [2.75, 3.05) is 11.4 Å². The van der Waals surface area contributed by atoms with Gasteiger partial charge in [-0.3, -0.25) is 23.9 Å². The summed E-state index contributed by atoms with van der Waals surface area (Å²) in [7, 11) is 0. The van der Waals surface area contributed by atoms with Crippen LogP contribution in [-0.2, 0) is 4.79 Å². The van der Waals surface area contributed by atoms with Crippen molar-refractivity contribution >= 4 is 51.9 Å². The zero-order chi connectivity index (χ0) is 26.4. The number of pyridine rings is 2. The quantitative estimate of drug-likeness (QED) is 0.509. The van der Waals surface area contributed by atoms with E-state index in [0.717, 1.165) is 6.20 Å². The van der Waals surface area contributed by atoms with Crippen molar-refractivity contribution in [3.8, 4) is 5.69 Å². The third-order valence-corrected chi connectivity index (χ3v) is 6.36. The van der Waals surface area contributed by atoms with Crippen molar-refractivity contribution in [3.63, 3.8) is 0 Å². The zero-order valence-corrected chi connectivity index (χ0v) is 20.2. The van der Waals surface area contributed by atoms with Gasteiger partial charge in [-0.15, -0.1) is 0 Å². The van der Waals surface area contributed by atoms with E-state index >= 15 is 0 Å². The summed E-state index contributed by atoms with van der Waals surface area (Å²) < 4.78 is 41.0. The van der Waals surface area contributed by atoms with Gasteiger partial charge in [-0.1, -0.05) is 36.2 Å². The first-order chi connectivity index (χ1) is 16.9. The largest absolute Gasteiger partial charge is 0.408 e. The highest BCUT2D eigenvalue weighted by Gasteiger charge is 2.40. The maximum atomic E-state index is 13.3. The minimum Gasteiger partial charge on any atom is -0.391 e. The number of hydrogen-bond donors (Lipinski definition) is 2. The van der Waals surface area contributed by atoms with E-state index in [2.05, 4.69) is 4.98 Å². The highest BCUT2D eigenvalue weighted by molar-refractivity contribution is 6.37. The number of aromatic nitrogens is 2. The van der Waals surface area contributed by atoms with E-state index in [1.807, 2.05) is 5.32 Å². The van der Waals surface area contributed by atoms with E-state index in [9.17, 15) is 32.7 Å². The van der Waals surface area contributed by atoms with Crippen molar-refractivity contribution in [2.24, 2.45) is 0 Å². The molecule has 0 bridgehead atoms. The van der Waals surface area contributed by atoms with Crippen LogP contribution in [0.1, 0.15) is 30.1 Å². The molecule has 190 valence electrons. The Morgan fingerprint density at radius 2 is 1.89 bits per heavy atom. The number of carbonyl (C=O) groups is 2. The Labute approximate surface area is 212 Å². The topological polar surface area (TPSA) is 105 Å². The van der Waals surface area contributed by atoms with Crippen LogP contribution in [0.5, 0.6) is 0 Å². The molecule has 1 fully saturated rings. The summed E-state index contributed by atoms with van der Waals surface area (Å²) in [6.45, 7) is 1.24. The number of nitrogens with zero attached hydrogens (tertiary/aromatic N) is 3. The van der Waals surface area contributed by atoms with Crippen LogP contribution in [0.15, 0.2) is 41.3 Å². The molecule has 2 N–H and O–H groups in total. The van der Waals surface area contributed by atoms with Gasteiger partial charge in [0, 0.05) is 6.20 Å². The lowest BCUT2D eigenvalue weighted by molar-refractivity contribution is -0.153. The van der Waals surface area contributed by atoms with Crippen molar-refractivity contribution in [3.05, 3.63) is 62.4 Å². The fraction of sp³-hybridized carbons (Fsp3) is 0.304. The standard InChI is InChI=1S/C23H19Cl2F3N4O4/c1-2-16(23(26,27)28)29-22(36)13-10-32(19-14(24)4-3-5-15(19)25)21-12(20(13)35)6-7-17(30-21)31-9-11(33)8-18(31)34/h3-7,10-11,16,33H,2,8-9H2,1H3,(H,29,36). The van der Waals surface area contributed by atoms with Crippen molar-refractivity contribution in [1.82, 2.24) is 14.9 Å². The first kappa shape index (κ1) is 25.9. The van der Waals surface area contributed by atoms with Gasteiger partial charge in [0.05, 0.1) is 40.2 Å². The molecule has 1 aliphatic heterocycles. The number of nitrogens with one attached hydrogen (secondary N) is 1. The van der Waals surface area contributed by atoms with Gasteiger partial charge in [0.1, 0.15) is 17.4 Å². The Kier molecular flexibility index (Phi) is 7.00. The number of aliphatic hydroxyl groups is 1. The molecule has 2 aromatic heterocycles. The lowest BCUT2D eigenvalue weighted by Crippen LogP contribution is -2.46. The molecule has 2 atom stereocenters. The van der Waals surface area contributed by atoms with Gasteiger partial charge in [-0.2, -0.15) is 13.2 Å². The molecule has 2 amide bonds. The summed E-state index contributed by atoms with van der Waals surface area (Å²) in [6, 6.07) is 5.04. The number of alkyl halides is 3. The summed E-state index contributed by atoms with van der Waals surface area (Å²) in [6.07, 6.45) is -5.11. The summed E-state index contributed by atoms with van der Waals surface area (Å²) in [5.41, 5.74) is -1.37. The molecule has 1 aromatic carbocycles. The Bertz CT molecular complexity index is 1410. The lowest BCUT2D eigenvalue weighted by Gasteiger charge is -2.21. The SMILES string of the molecule is CCC(NC(=O)c1cn(-c2c(Cl)cccc2Cl)c2nc(N3CC(O)CC3=O)ccc2c1=O)C(F)(F)F. The van der Waals surface area contributed by atoms with E-state index in [4.69, 9.17) is 23.2 Å². The summed E-state index contributed by atoms with van der Waals surface area (Å²) >= 11 is 12.7. The number of amides is 2. The second-order valence-corrected chi connectivity index (χ2v) is 9.01. The highest BCUT2D eigenvalue weighted by atomic mass is 35.5. The highest BCUT2D eigenvalue weighted by Crippen LogP contribution is 2.31. The second kappa shape index (κ2) is 9.72. The molecule has 0 radical (unpaired) electrons. The Morgan fingerprint density at radius 3 is 2.44 bits per heavy atom. The van der Waals surface area contributed by atoms with Crippen LogP contribution < -0.4 is 15.6 Å².